The van der Waals surface area contributed by atoms with Crippen molar-refractivity contribution in [1.29, 1.82) is 0 Å². The Morgan fingerprint density at radius 3 is 3.07 bits per heavy atom. The van der Waals surface area contributed by atoms with Crippen LogP contribution in [0.2, 0.25) is 0 Å². The molecule has 1 aromatic heterocycles. The lowest BCUT2D eigenvalue weighted by Crippen LogP contribution is -2.15. The van der Waals surface area contributed by atoms with E-state index in [4.69, 9.17) is 0 Å². The summed E-state index contributed by atoms with van der Waals surface area (Å²) >= 11 is 3.15. The quantitative estimate of drug-likeness (QED) is 0.798. The fourth-order valence-corrected chi connectivity index (χ4v) is 1.11. The van der Waals surface area contributed by atoms with Gasteiger partial charge in [-0.25, -0.2) is 4.98 Å². The molecule has 0 radical (unpaired) electrons. The number of nitrogens with zero attached hydrogens (tertiary/aromatic N) is 1. The van der Waals surface area contributed by atoms with Gasteiger partial charge >= 0.3 is 5.97 Å². The normalized spacial score (nSPS) is 9.57. The maximum atomic E-state index is 10.8. The number of pyridine rings is 1. The number of halogens is 1. The van der Waals surface area contributed by atoms with Gasteiger partial charge in [-0.3, -0.25) is 4.79 Å². The van der Waals surface area contributed by atoms with Crippen molar-refractivity contribution >= 4 is 27.7 Å². The molecule has 1 heterocycles. The number of rotatable bonds is 3. The molecule has 1 rings (SSSR count). The molecule has 1 aromatic rings. The highest BCUT2D eigenvalue weighted by Gasteiger charge is 2.05. The lowest BCUT2D eigenvalue weighted by atomic mass is 10.4. The summed E-state index contributed by atoms with van der Waals surface area (Å²) in [6, 6.07) is 1.48. The van der Waals surface area contributed by atoms with Crippen LogP contribution in [0.1, 0.15) is 0 Å². The number of carbonyl (C=O) groups excluding carboxylic acids is 1. The zero-order valence-corrected chi connectivity index (χ0v) is 9.04. The van der Waals surface area contributed by atoms with Crippen molar-refractivity contribution in [2.45, 2.75) is 0 Å². The predicted octanol–water partition coefficient (Wildman–Crippen LogP) is 1.13. The number of anilines is 1. The van der Waals surface area contributed by atoms with E-state index in [1.54, 1.807) is 0 Å². The second-order valence-corrected chi connectivity index (χ2v) is 3.37. The Balaban J connectivity index is 2.63. The second-order valence-electron chi connectivity index (χ2n) is 2.45. The Hall–Kier alpha value is -1.30. The van der Waals surface area contributed by atoms with Crippen LogP contribution in [0.5, 0.6) is 5.75 Å². The smallest absolute Gasteiger partial charge is 0.325 e. The Morgan fingerprint density at radius 1 is 1.79 bits per heavy atom. The van der Waals surface area contributed by atoms with Gasteiger partial charge in [0, 0.05) is 10.7 Å². The summed E-state index contributed by atoms with van der Waals surface area (Å²) in [5.74, 6) is -0.198. The number of hydrogen-bond donors (Lipinski definition) is 2. The third kappa shape index (κ3) is 2.88. The Bertz CT molecular complexity index is 343. The van der Waals surface area contributed by atoms with Crippen LogP contribution >= 0.6 is 15.9 Å². The summed E-state index contributed by atoms with van der Waals surface area (Å²) in [6.07, 6.45) is 1.51. The first-order chi connectivity index (χ1) is 6.63. The highest BCUT2D eigenvalue weighted by molar-refractivity contribution is 9.10. The van der Waals surface area contributed by atoms with Gasteiger partial charge < -0.3 is 15.2 Å². The van der Waals surface area contributed by atoms with Crippen molar-refractivity contribution in [3.05, 3.63) is 16.7 Å². The summed E-state index contributed by atoms with van der Waals surface area (Å²) in [4.78, 5) is 14.6. The lowest BCUT2D eigenvalue weighted by molar-refractivity contribution is -0.138. The molecular formula is C8H9BrN2O3. The summed E-state index contributed by atoms with van der Waals surface area (Å²) in [7, 11) is 1.29. The Kier molecular flexibility index (Phi) is 3.70. The van der Waals surface area contributed by atoms with Crippen LogP contribution in [0, 0.1) is 0 Å². The number of aromatic nitrogens is 1. The van der Waals surface area contributed by atoms with Crippen LogP contribution in [0.4, 0.5) is 5.82 Å². The first-order valence-corrected chi connectivity index (χ1v) is 4.58. The molecule has 0 aliphatic rings. The lowest BCUT2D eigenvalue weighted by Gasteiger charge is -2.05. The predicted molar refractivity (Wildman–Crippen MR) is 54.1 cm³/mol. The summed E-state index contributed by atoms with van der Waals surface area (Å²) in [5.41, 5.74) is 0. The van der Waals surface area contributed by atoms with E-state index >= 15 is 0 Å². The molecule has 0 atom stereocenters. The van der Waals surface area contributed by atoms with Crippen molar-refractivity contribution in [3.63, 3.8) is 0 Å². The van der Waals surface area contributed by atoms with Crippen molar-refractivity contribution in [2.75, 3.05) is 19.0 Å². The van der Waals surface area contributed by atoms with Gasteiger partial charge in [-0.15, -0.1) is 0 Å². The van der Waals surface area contributed by atoms with Crippen molar-refractivity contribution < 1.29 is 14.6 Å². The molecule has 2 N–H and O–H groups in total. The van der Waals surface area contributed by atoms with Gasteiger partial charge in [0.25, 0.3) is 0 Å². The van der Waals surface area contributed by atoms with E-state index in [9.17, 15) is 9.90 Å². The van der Waals surface area contributed by atoms with Gasteiger partial charge in [0.2, 0.25) is 0 Å². The van der Waals surface area contributed by atoms with Crippen molar-refractivity contribution in [1.82, 2.24) is 4.98 Å². The first-order valence-electron chi connectivity index (χ1n) is 3.78. The number of nitrogens with one attached hydrogen (secondary N) is 1. The Morgan fingerprint density at radius 2 is 2.50 bits per heavy atom. The van der Waals surface area contributed by atoms with Crippen LogP contribution in [-0.2, 0) is 9.53 Å². The van der Waals surface area contributed by atoms with E-state index in [0.29, 0.717) is 4.47 Å². The molecule has 0 aromatic carbocycles. The summed E-state index contributed by atoms with van der Waals surface area (Å²) < 4.78 is 5.08. The molecule has 0 spiro atoms. The first kappa shape index (κ1) is 10.8. The van der Waals surface area contributed by atoms with Crippen LogP contribution < -0.4 is 5.32 Å². The molecule has 6 heteroatoms. The molecule has 0 saturated carbocycles. The van der Waals surface area contributed by atoms with Crippen molar-refractivity contribution in [2.24, 2.45) is 0 Å². The summed E-state index contributed by atoms with van der Waals surface area (Å²) in [5, 5.41) is 12.0. The van der Waals surface area contributed by atoms with Crippen LogP contribution in [0.25, 0.3) is 0 Å². The molecule has 0 unspecified atom stereocenters. The zero-order chi connectivity index (χ0) is 10.6. The monoisotopic (exact) mass is 260 g/mol. The minimum Gasteiger partial charge on any atom is -0.504 e. The van der Waals surface area contributed by atoms with E-state index in [1.807, 2.05) is 0 Å². The van der Waals surface area contributed by atoms with E-state index in [1.165, 1.54) is 19.4 Å². The summed E-state index contributed by atoms with van der Waals surface area (Å²) in [6.45, 7) is -0.0291. The molecule has 0 amide bonds. The number of aromatic hydroxyl groups is 1. The van der Waals surface area contributed by atoms with Gasteiger partial charge in [-0.2, -0.15) is 0 Å². The third-order valence-electron chi connectivity index (χ3n) is 1.46. The van der Waals surface area contributed by atoms with Crippen LogP contribution in [0.3, 0.4) is 0 Å². The highest BCUT2D eigenvalue weighted by atomic mass is 79.9. The molecule has 76 valence electrons. The highest BCUT2D eigenvalue weighted by Crippen LogP contribution is 2.23. The topological polar surface area (TPSA) is 71.5 Å². The van der Waals surface area contributed by atoms with Gasteiger partial charge in [0.05, 0.1) is 7.11 Å². The number of carbonyl (C=O) groups is 1. The van der Waals surface area contributed by atoms with Crippen LogP contribution in [-0.4, -0.2) is 29.7 Å². The van der Waals surface area contributed by atoms with Crippen LogP contribution in [0.15, 0.2) is 16.7 Å². The number of esters is 1. The molecule has 0 fully saturated rings. The van der Waals surface area contributed by atoms with Crippen molar-refractivity contribution in [3.8, 4) is 5.75 Å². The largest absolute Gasteiger partial charge is 0.504 e. The minimum atomic E-state index is -0.422. The van der Waals surface area contributed by atoms with E-state index in [-0.39, 0.29) is 18.1 Å². The zero-order valence-electron chi connectivity index (χ0n) is 7.45. The molecule has 0 saturated heterocycles. The van der Waals surface area contributed by atoms with E-state index < -0.39 is 5.97 Å². The number of hydrogen-bond acceptors (Lipinski definition) is 5. The molecular weight excluding hydrogens is 252 g/mol. The average molecular weight is 261 g/mol. The van der Waals surface area contributed by atoms with Gasteiger partial charge in [-0.1, -0.05) is 0 Å². The fourth-order valence-electron chi connectivity index (χ4n) is 0.793. The fraction of sp³-hybridized carbons (Fsp3) is 0.250. The maximum absolute atomic E-state index is 10.8. The molecule has 0 aliphatic heterocycles. The van der Waals surface area contributed by atoms with Gasteiger partial charge in [0.15, 0.2) is 11.6 Å². The second kappa shape index (κ2) is 4.80. The molecule has 0 bridgehead atoms. The molecule has 0 aliphatic carbocycles. The van der Waals surface area contributed by atoms with Gasteiger partial charge in [0.1, 0.15) is 6.54 Å². The maximum Gasteiger partial charge on any atom is 0.325 e. The molecule has 14 heavy (non-hydrogen) atoms. The number of ether oxygens (including phenoxy) is 1. The Labute approximate surface area is 89.2 Å². The van der Waals surface area contributed by atoms with E-state index in [0.717, 1.165) is 0 Å². The SMILES string of the molecule is COC(=O)CNc1ncc(Br)cc1O. The molecule has 5 nitrogen and oxygen atoms in total. The number of methoxy groups -OCH3 is 1. The minimum absolute atomic E-state index is 0.0247. The van der Waals surface area contributed by atoms with Gasteiger partial charge in [-0.05, 0) is 22.0 Å². The van der Waals surface area contributed by atoms with E-state index in [2.05, 4.69) is 31.0 Å². The average Bonchev–Trinajstić information content (AvgIpc) is 2.16. The third-order valence-corrected chi connectivity index (χ3v) is 1.90. The standard InChI is InChI=1S/C8H9BrN2O3/c1-14-7(13)4-11-8-6(12)2-5(9)3-10-8/h2-3,12H,4H2,1H3,(H,10,11).